The Hall–Kier alpha value is -2.51. The molecule has 1 aromatic carbocycles. The summed E-state index contributed by atoms with van der Waals surface area (Å²) in [4.78, 5) is 22.3. The molecule has 0 aromatic heterocycles. The van der Waals surface area contributed by atoms with Crippen molar-refractivity contribution < 1.29 is 27.9 Å². The molecule has 0 atom stereocenters. The van der Waals surface area contributed by atoms with Crippen LogP contribution in [0.15, 0.2) is 30.9 Å². The maximum Gasteiger partial charge on any atom is 0.416 e. The van der Waals surface area contributed by atoms with Gasteiger partial charge in [0, 0.05) is 6.54 Å². The highest BCUT2D eigenvalue weighted by molar-refractivity contribution is 6.00. The zero-order chi connectivity index (χ0) is 15.3. The molecule has 108 valence electrons. The normalized spacial score (nSPS) is 10.8. The summed E-state index contributed by atoms with van der Waals surface area (Å²) < 4.78 is 37.7. The van der Waals surface area contributed by atoms with E-state index in [1.165, 1.54) is 6.08 Å². The number of nitrogens with one attached hydrogen (secondary N) is 2. The molecule has 0 spiro atoms. The van der Waals surface area contributed by atoms with Gasteiger partial charge in [0.25, 0.3) is 0 Å². The van der Waals surface area contributed by atoms with E-state index < -0.39 is 35.0 Å². The van der Waals surface area contributed by atoms with Crippen molar-refractivity contribution in [1.29, 1.82) is 0 Å². The van der Waals surface area contributed by atoms with Gasteiger partial charge in [0.05, 0.1) is 16.8 Å². The van der Waals surface area contributed by atoms with E-state index in [2.05, 4.69) is 17.2 Å². The molecule has 0 saturated carbocycles. The van der Waals surface area contributed by atoms with Crippen LogP contribution in [0.2, 0.25) is 0 Å². The Balaban J connectivity index is 3.09. The topological polar surface area (TPSA) is 78.4 Å². The lowest BCUT2D eigenvalue weighted by molar-refractivity contribution is -0.137. The molecule has 3 N–H and O–H groups in total. The highest BCUT2D eigenvalue weighted by Gasteiger charge is 2.31. The second-order valence-electron chi connectivity index (χ2n) is 3.69. The smallest absolute Gasteiger partial charge is 0.416 e. The lowest BCUT2D eigenvalue weighted by Crippen LogP contribution is -2.29. The number of amides is 2. The molecule has 1 rings (SSSR count). The van der Waals surface area contributed by atoms with Crippen LogP contribution in [-0.2, 0) is 6.18 Å². The van der Waals surface area contributed by atoms with E-state index >= 15 is 0 Å². The highest BCUT2D eigenvalue weighted by atomic mass is 19.4. The van der Waals surface area contributed by atoms with E-state index in [4.69, 9.17) is 5.11 Å². The molecule has 0 heterocycles. The average Bonchev–Trinajstić information content (AvgIpc) is 2.34. The SMILES string of the molecule is C=CCNC(=O)Nc1cc(C(F)(F)F)ccc1C(=O)O. The second-order valence-corrected chi connectivity index (χ2v) is 3.69. The first-order valence-corrected chi connectivity index (χ1v) is 5.36. The van der Waals surface area contributed by atoms with Gasteiger partial charge in [-0.15, -0.1) is 6.58 Å². The van der Waals surface area contributed by atoms with Crippen LogP contribution in [0.1, 0.15) is 15.9 Å². The minimum absolute atomic E-state index is 0.0905. The molecule has 0 radical (unpaired) electrons. The van der Waals surface area contributed by atoms with Crippen molar-refractivity contribution in [2.24, 2.45) is 0 Å². The number of hydrogen-bond donors (Lipinski definition) is 3. The molecule has 0 aliphatic carbocycles. The lowest BCUT2D eigenvalue weighted by Gasteiger charge is -2.12. The van der Waals surface area contributed by atoms with Gasteiger partial charge in [-0.25, -0.2) is 9.59 Å². The first-order valence-electron chi connectivity index (χ1n) is 5.36. The van der Waals surface area contributed by atoms with E-state index in [-0.39, 0.29) is 6.54 Å². The van der Waals surface area contributed by atoms with Gasteiger partial charge in [0.1, 0.15) is 0 Å². The van der Waals surface area contributed by atoms with E-state index in [0.29, 0.717) is 12.1 Å². The van der Waals surface area contributed by atoms with Gasteiger partial charge in [0.15, 0.2) is 0 Å². The van der Waals surface area contributed by atoms with Crippen LogP contribution in [0.25, 0.3) is 0 Å². The van der Waals surface area contributed by atoms with Crippen molar-refractivity contribution >= 4 is 17.7 Å². The number of benzene rings is 1. The number of anilines is 1. The van der Waals surface area contributed by atoms with E-state index in [1.807, 2.05) is 0 Å². The summed E-state index contributed by atoms with van der Waals surface area (Å²) in [6.07, 6.45) is -3.27. The molecule has 0 saturated heterocycles. The predicted molar refractivity (Wildman–Crippen MR) is 65.6 cm³/mol. The molecule has 0 aliphatic heterocycles. The molecule has 1 aromatic rings. The maximum atomic E-state index is 12.6. The number of carboxylic acid groups (broad SMARTS) is 1. The van der Waals surface area contributed by atoms with E-state index in [0.717, 1.165) is 6.07 Å². The predicted octanol–water partition coefficient (Wildman–Crippen LogP) is 2.71. The summed E-state index contributed by atoms with van der Waals surface area (Å²) in [5.41, 5.74) is -1.93. The summed E-state index contributed by atoms with van der Waals surface area (Å²) in [5.74, 6) is -1.45. The van der Waals surface area contributed by atoms with Crippen molar-refractivity contribution in [3.63, 3.8) is 0 Å². The van der Waals surface area contributed by atoms with Gasteiger partial charge in [-0.1, -0.05) is 6.08 Å². The minimum atomic E-state index is -4.63. The standard InChI is InChI=1S/C12H11F3N2O3/c1-2-5-16-11(20)17-9-6-7(12(13,14)15)3-4-8(9)10(18)19/h2-4,6H,1,5H2,(H,18,19)(H2,16,17,20). The van der Waals surface area contributed by atoms with Gasteiger partial charge >= 0.3 is 18.2 Å². The summed E-state index contributed by atoms with van der Waals surface area (Å²) in [7, 11) is 0. The summed E-state index contributed by atoms with van der Waals surface area (Å²) in [6.45, 7) is 3.44. The largest absolute Gasteiger partial charge is 0.478 e. The second kappa shape index (κ2) is 6.09. The average molecular weight is 288 g/mol. The van der Waals surface area contributed by atoms with Crippen LogP contribution in [0.5, 0.6) is 0 Å². The van der Waals surface area contributed by atoms with E-state index in [9.17, 15) is 22.8 Å². The fourth-order valence-corrected chi connectivity index (χ4v) is 1.34. The number of halogens is 3. The van der Waals surface area contributed by atoms with Gasteiger partial charge in [-0.2, -0.15) is 13.2 Å². The first-order chi connectivity index (χ1) is 9.25. The van der Waals surface area contributed by atoms with Crippen LogP contribution < -0.4 is 10.6 Å². The number of carbonyl (C=O) groups excluding carboxylic acids is 1. The summed E-state index contributed by atoms with van der Waals surface area (Å²) >= 11 is 0. The third-order valence-corrected chi connectivity index (χ3v) is 2.23. The Morgan fingerprint density at radius 3 is 2.50 bits per heavy atom. The Bertz CT molecular complexity index is 541. The van der Waals surface area contributed by atoms with Crippen LogP contribution in [-0.4, -0.2) is 23.7 Å². The number of hydrogen-bond acceptors (Lipinski definition) is 2. The number of carbonyl (C=O) groups is 2. The van der Waals surface area contributed by atoms with Crippen molar-refractivity contribution in [2.75, 3.05) is 11.9 Å². The van der Waals surface area contributed by atoms with Gasteiger partial charge < -0.3 is 15.7 Å². The Morgan fingerprint density at radius 2 is 2.00 bits per heavy atom. The number of rotatable bonds is 4. The van der Waals surface area contributed by atoms with Crippen molar-refractivity contribution in [3.05, 3.63) is 42.0 Å². The first kappa shape index (κ1) is 15.5. The minimum Gasteiger partial charge on any atom is -0.478 e. The van der Waals surface area contributed by atoms with Crippen LogP contribution >= 0.6 is 0 Å². The van der Waals surface area contributed by atoms with Gasteiger partial charge in [-0.3, -0.25) is 0 Å². The molecular weight excluding hydrogens is 277 g/mol. The molecule has 0 bridgehead atoms. The fourth-order valence-electron chi connectivity index (χ4n) is 1.34. The number of alkyl halides is 3. The Kier molecular flexibility index (Phi) is 4.73. The molecule has 0 aliphatic rings. The molecule has 0 unspecified atom stereocenters. The van der Waals surface area contributed by atoms with Gasteiger partial charge in [-0.05, 0) is 18.2 Å². The Labute approximate surface area is 112 Å². The zero-order valence-corrected chi connectivity index (χ0v) is 10.1. The maximum absolute atomic E-state index is 12.6. The van der Waals surface area contributed by atoms with Crippen LogP contribution in [0, 0.1) is 0 Å². The molecular formula is C12H11F3N2O3. The molecule has 2 amide bonds. The number of aromatic carboxylic acids is 1. The van der Waals surface area contributed by atoms with Gasteiger partial charge in [0.2, 0.25) is 0 Å². The summed E-state index contributed by atoms with van der Waals surface area (Å²) in [6, 6.07) is 1.16. The molecule has 5 nitrogen and oxygen atoms in total. The van der Waals surface area contributed by atoms with Crippen molar-refractivity contribution in [2.45, 2.75) is 6.18 Å². The monoisotopic (exact) mass is 288 g/mol. The third kappa shape index (κ3) is 4.01. The summed E-state index contributed by atoms with van der Waals surface area (Å²) in [5, 5.41) is 13.2. The van der Waals surface area contributed by atoms with Crippen LogP contribution in [0.4, 0.5) is 23.7 Å². The quantitative estimate of drug-likeness (QED) is 0.745. The number of carboxylic acids is 1. The molecule has 8 heteroatoms. The zero-order valence-electron chi connectivity index (χ0n) is 10.1. The third-order valence-electron chi connectivity index (χ3n) is 2.23. The fraction of sp³-hybridized carbons (Fsp3) is 0.167. The van der Waals surface area contributed by atoms with Crippen LogP contribution in [0.3, 0.4) is 0 Å². The van der Waals surface area contributed by atoms with Crippen molar-refractivity contribution in [1.82, 2.24) is 5.32 Å². The molecule has 20 heavy (non-hydrogen) atoms. The van der Waals surface area contributed by atoms with Crippen molar-refractivity contribution in [3.8, 4) is 0 Å². The lowest BCUT2D eigenvalue weighted by atomic mass is 10.1. The number of urea groups is 1. The highest BCUT2D eigenvalue weighted by Crippen LogP contribution is 2.32. The Morgan fingerprint density at radius 1 is 1.35 bits per heavy atom. The van der Waals surface area contributed by atoms with E-state index in [1.54, 1.807) is 0 Å². The molecule has 0 fully saturated rings.